The van der Waals surface area contributed by atoms with Gasteiger partial charge >= 0.3 is 0 Å². The van der Waals surface area contributed by atoms with Gasteiger partial charge in [0.1, 0.15) is 5.01 Å². The fraction of sp³-hybridized carbons (Fsp3) is 0.471. The zero-order valence-corrected chi connectivity index (χ0v) is 13.6. The Morgan fingerprint density at radius 1 is 1.20 bits per heavy atom. The second-order valence-corrected chi connectivity index (χ2v) is 7.01. The van der Waals surface area contributed by atoms with Crippen LogP contribution in [0.3, 0.4) is 0 Å². The molecule has 0 amide bonds. The molecule has 2 aromatic rings. The van der Waals surface area contributed by atoms with Crippen LogP contribution in [0, 0.1) is 0 Å². The SMILES string of the molecule is CCCNC(c1ccccc1)c1nc(C(C)(C)C)cs1. The Bertz CT molecular complexity index is 525. The minimum atomic E-state index is 0.112. The molecule has 0 saturated heterocycles. The molecule has 1 unspecified atom stereocenters. The molecule has 1 N–H and O–H groups in total. The summed E-state index contributed by atoms with van der Waals surface area (Å²) >= 11 is 1.76. The fourth-order valence-electron chi connectivity index (χ4n) is 2.05. The van der Waals surface area contributed by atoms with E-state index < -0.39 is 0 Å². The summed E-state index contributed by atoms with van der Waals surface area (Å²) in [6.07, 6.45) is 1.13. The Labute approximate surface area is 126 Å². The third-order valence-electron chi connectivity index (χ3n) is 3.27. The molecule has 2 rings (SSSR count). The van der Waals surface area contributed by atoms with Crippen LogP contribution in [-0.4, -0.2) is 11.5 Å². The number of hydrogen-bond donors (Lipinski definition) is 1. The first-order valence-corrected chi connectivity index (χ1v) is 8.14. The number of nitrogens with zero attached hydrogens (tertiary/aromatic N) is 1. The van der Waals surface area contributed by atoms with E-state index in [1.807, 2.05) is 0 Å². The second kappa shape index (κ2) is 6.51. The van der Waals surface area contributed by atoms with Gasteiger partial charge in [0.25, 0.3) is 0 Å². The first-order chi connectivity index (χ1) is 9.52. The lowest BCUT2D eigenvalue weighted by Gasteiger charge is -2.18. The molecule has 1 aromatic heterocycles. The number of aromatic nitrogens is 1. The maximum atomic E-state index is 4.87. The highest BCUT2D eigenvalue weighted by Gasteiger charge is 2.22. The normalized spacial score (nSPS) is 13.4. The van der Waals surface area contributed by atoms with Crippen molar-refractivity contribution in [3.05, 3.63) is 52.0 Å². The first kappa shape index (κ1) is 15.2. The summed E-state index contributed by atoms with van der Waals surface area (Å²) in [6.45, 7) is 9.83. The van der Waals surface area contributed by atoms with E-state index in [2.05, 4.69) is 68.7 Å². The Morgan fingerprint density at radius 2 is 1.90 bits per heavy atom. The van der Waals surface area contributed by atoms with Crippen molar-refractivity contribution in [2.45, 2.75) is 45.6 Å². The van der Waals surface area contributed by atoms with E-state index in [0.717, 1.165) is 18.0 Å². The molecule has 1 atom stereocenters. The summed E-state index contributed by atoms with van der Waals surface area (Å²) in [4.78, 5) is 4.87. The van der Waals surface area contributed by atoms with Crippen LogP contribution in [-0.2, 0) is 5.41 Å². The van der Waals surface area contributed by atoms with Crippen LogP contribution in [0.15, 0.2) is 35.7 Å². The molecule has 0 aliphatic carbocycles. The predicted molar refractivity (Wildman–Crippen MR) is 87.4 cm³/mol. The quantitative estimate of drug-likeness (QED) is 0.874. The van der Waals surface area contributed by atoms with Gasteiger partial charge in [0, 0.05) is 10.8 Å². The first-order valence-electron chi connectivity index (χ1n) is 7.26. The summed E-state index contributed by atoms with van der Waals surface area (Å²) in [6, 6.07) is 10.8. The number of nitrogens with one attached hydrogen (secondary N) is 1. The summed E-state index contributed by atoms with van der Waals surface area (Å²) in [5, 5.41) is 6.97. The molecule has 0 aliphatic heterocycles. The van der Waals surface area contributed by atoms with E-state index in [0.29, 0.717) is 0 Å². The van der Waals surface area contributed by atoms with Crippen molar-refractivity contribution in [2.24, 2.45) is 0 Å². The molecule has 2 nitrogen and oxygen atoms in total. The van der Waals surface area contributed by atoms with Crippen molar-refractivity contribution in [1.29, 1.82) is 0 Å². The lowest BCUT2D eigenvalue weighted by molar-refractivity contribution is 0.557. The zero-order valence-electron chi connectivity index (χ0n) is 12.8. The maximum absolute atomic E-state index is 4.87. The minimum absolute atomic E-state index is 0.112. The molecule has 0 spiro atoms. The highest BCUT2D eigenvalue weighted by atomic mass is 32.1. The summed E-state index contributed by atoms with van der Waals surface area (Å²) in [7, 11) is 0. The summed E-state index contributed by atoms with van der Waals surface area (Å²) in [5.41, 5.74) is 2.58. The van der Waals surface area contributed by atoms with E-state index in [9.17, 15) is 0 Å². The molecule has 1 aromatic carbocycles. The van der Waals surface area contributed by atoms with E-state index in [4.69, 9.17) is 4.98 Å². The standard InChI is InChI=1S/C17H24N2S/c1-5-11-18-15(13-9-7-6-8-10-13)16-19-14(12-20-16)17(2,3)4/h6-10,12,15,18H,5,11H2,1-4H3. The fourth-order valence-corrected chi connectivity index (χ4v) is 3.19. The van der Waals surface area contributed by atoms with Gasteiger partial charge in [0.2, 0.25) is 0 Å². The molecular formula is C17H24N2S. The van der Waals surface area contributed by atoms with Crippen LogP contribution in [0.4, 0.5) is 0 Å². The smallest absolute Gasteiger partial charge is 0.114 e. The van der Waals surface area contributed by atoms with Gasteiger partial charge in [-0.1, -0.05) is 58.0 Å². The Kier molecular flexibility index (Phi) is 4.95. The van der Waals surface area contributed by atoms with Gasteiger partial charge in [-0.15, -0.1) is 11.3 Å². The van der Waals surface area contributed by atoms with E-state index in [1.54, 1.807) is 11.3 Å². The summed E-state index contributed by atoms with van der Waals surface area (Å²) < 4.78 is 0. The molecule has 20 heavy (non-hydrogen) atoms. The average molecular weight is 288 g/mol. The van der Waals surface area contributed by atoms with Crippen molar-refractivity contribution in [1.82, 2.24) is 10.3 Å². The molecule has 0 aliphatic rings. The van der Waals surface area contributed by atoms with Gasteiger partial charge in [0.15, 0.2) is 0 Å². The molecule has 0 bridgehead atoms. The number of rotatable bonds is 5. The number of benzene rings is 1. The number of hydrogen-bond acceptors (Lipinski definition) is 3. The largest absolute Gasteiger partial charge is 0.304 e. The second-order valence-electron chi connectivity index (χ2n) is 6.12. The summed E-state index contributed by atoms with van der Waals surface area (Å²) in [5.74, 6) is 0. The van der Waals surface area contributed by atoms with Crippen LogP contribution in [0.25, 0.3) is 0 Å². The Balaban J connectivity index is 2.29. The third kappa shape index (κ3) is 3.68. The molecule has 0 radical (unpaired) electrons. The molecule has 3 heteroatoms. The van der Waals surface area contributed by atoms with Crippen LogP contribution in [0.1, 0.15) is 56.4 Å². The predicted octanol–water partition coefficient (Wildman–Crippen LogP) is 4.53. The number of thiazole rings is 1. The van der Waals surface area contributed by atoms with Crippen LogP contribution in [0.5, 0.6) is 0 Å². The Hall–Kier alpha value is -1.19. The van der Waals surface area contributed by atoms with Crippen molar-refractivity contribution in [3.8, 4) is 0 Å². The topological polar surface area (TPSA) is 24.9 Å². The molecule has 0 saturated carbocycles. The van der Waals surface area contributed by atoms with E-state index in [1.165, 1.54) is 11.3 Å². The Morgan fingerprint density at radius 3 is 2.45 bits per heavy atom. The molecule has 0 fully saturated rings. The maximum Gasteiger partial charge on any atom is 0.114 e. The van der Waals surface area contributed by atoms with Gasteiger partial charge in [-0.3, -0.25) is 0 Å². The van der Waals surface area contributed by atoms with Crippen LogP contribution >= 0.6 is 11.3 Å². The van der Waals surface area contributed by atoms with Crippen LogP contribution < -0.4 is 5.32 Å². The van der Waals surface area contributed by atoms with Gasteiger partial charge in [0.05, 0.1) is 11.7 Å². The third-order valence-corrected chi connectivity index (χ3v) is 4.18. The highest BCUT2D eigenvalue weighted by Crippen LogP contribution is 2.29. The van der Waals surface area contributed by atoms with Gasteiger partial charge < -0.3 is 5.32 Å². The highest BCUT2D eigenvalue weighted by molar-refractivity contribution is 7.09. The van der Waals surface area contributed by atoms with Gasteiger partial charge in [-0.05, 0) is 18.5 Å². The van der Waals surface area contributed by atoms with Crippen LogP contribution in [0.2, 0.25) is 0 Å². The molecule has 108 valence electrons. The van der Waals surface area contributed by atoms with Gasteiger partial charge in [-0.25, -0.2) is 4.98 Å². The minimum Gasteiger partial charge on any atom is -0.304 e. The lowest BCUT2D eigenvalue weighted by Crippen LogP contribution is -2.23. The van der Waals surface area contributed by atoms with Crippen molar-refractivity contribution >= 4 is 11.3 Å². The van der Waals surface area contributed by atoms with E-state index in [-0.39, 0.29) is 11.5 Å². The van der Waals surface area contributed by atoms with Gasteiger partial charge in [-0.2, -0.15) is 0 Å². The van der Waals surface area contributed by atoms with Crippen molar-refractivity contribution < 1.29 is 0 Å². The van der Waals surface area contributed by atoms with Crippen molar-refractivity contribution in [2.75, 3.05) is 6.54 Å². The van der Waals surface area contributed by atoms with E-state index >= 15 is 0 Å². The zero-order chi connectivity index (χ0) is 14.6. The molecule has 1 heterocycles. The lowest BCUT2D eigenvalue weighted by atomic mass is 9.93. The monoisotopic (exact) mass is 288 g/mol. The van der Waals surface area contributed by atoms with Crippen molar-refractivity contribution in [3.63, 3.8) is 0 Å². The molecular weight excluding hydrogens is 264 g/mol. The average Bonchev–Trinajstić information content (AvgIpc) is 2.90.